The lowest BCUT2D eigenvalue weighted by molar-refractivity contribution is -0.125. The SMILES string of the molecule is Fc1ccc(CNCC(F)(F)F)nc1. The highest BCUT2D eigenvalue weighted by Crippen LogP contribution is 2.12. The predicted molar refractivity (Wildman–Crippen MR) is 42.0 cm³/mol. The molecule has 0 aliphatic carbocycles. The molecule has 1 heterocycles. The van der Waals surface area contributed by atoms with Crippen molar-refractivity contribution in [3.63, 3.8) is 0 Å². The van der Waals surface area contributed by atoms with Gasteiger partial charge in [-0.1, -0.05) is 0 Å². The molecule has 0 bridgehead atoms. The second-order valence-corrected chi connectivity index (χ2v) is 2.69. The fourth-order valence-corrected chi connectivity index (χ4v) is 0.843. The number of hydrogen-bond donors (Lipinski definition) is 1. The summed E-state index contributed by atoms with van der Waals surface area (Å²) in [6, 6.07) is 2.48. The molecule has 0 fully saturated rings. The lowest BCUT2D eigenvalue weighted by Gasteiger charge is -2.07. The van der Waals surface area contributed by atoms with Gasteiger partial charge in [-0.3, -0.25) is 4.98 Å². The van der Waals surface area contributed by atoms with Gasteiger partial charge < -0.3 is 5.32 Å². The molecule has 1 aromatic rings. The average molecular weight is 208 g/mol. The molecule has 0 unspecified atom stereocenters. The summed E-state index contributed by atoms with van der Waals surface area (Å²) in [5.74, 6) is -0.510. The molecule has 0 radical (unpaired) electrons. The summed E-state index contributed by atoms with van der Waals surface area (Å²) in [6.07, 6.45) is -3.27. The Balaban J connectivity index is 2.35. The number of hydrogen-bond acceptors (Lipinski definition) is 2. The first-order valence-corrected chi connectivity index (χ1v) is 3.85. The van der Waals surface area contributed by atoms with Crippen molar-refractivity contribution in [3.05, 3.63) is 29.8 Å². The van der Waals surface area contributed by atoms with Crippen LogP contribution in [-0.4, -0.2) is 17.7 Å². The summed E-state index contributed by atoms with van der Waals surface area (Å²) >= 11 is 0. The zero-order valence-electron chi connectivity index (χ0n) is 7.11. The zero-order chi connectivity index (χ0) is 10.6. The van der Waals surface area contributed by atoms with Crippen molar-refractivity contribution in [2.45, 2.75) is 12.7 Å². The molecule has 1 aromatic heterocycles. The topological polar surface area (TPSA) is 24.9 Å². The Morgan fingerprint density at radius 2 is 2.00 bits per heavy atom. The molecule has 78 valence electrons. The van der Waals surface area contributed by atoms with Crippen LogP contribution in [0.2, 0.25) is 0 Å². The molecule has 0 saturated carbocycles. The maximum Gasteiger partial charge on any atom is 0.401 e. The number of alkyl halides is 3. The maximum absolute atomic E-state index is 12.3. The third-order valence-corrected chi connectivity index (χ3v) is 1.42. The monoisotopic (exact) mass is 208 g/mol. The summed E-state index contributed by atoms with van der Waals surface area (Å²) < 4.78 is 47.4. The third kappa shape index (κ3) is 4.18. The van der Waals surface area contributed by atoms with Crippen LogP contribution in [-0.2, 0) is 6.54 Å². The Kier molecular flexibility index (Phi) is 3.40. The molecular weight excluding hydrogens is 200 g/mol. The largest absolute Gasteiger partial charge is 0.401 e. The molecule has 0 atom stereocenters. The fraction of sp³-hybridized carbons (Fsp3) is 0.375. The van der Waals surface area contributed by atoms with Crippen LogP contribution in [0.15, 0.2) is 18.3 Å². The van der Waals surface area contributed by atoms with E-state index in [-0.39, 0.29) is 6.54 Å². The molecule has 0 aliphatic rings. The fourth-order valence-electron chi connectivity index (χ4n) is 0.843. The van der Waals surface area contributed by atoms with E-state index >= 15 is 0 Å². The first-order chi connectivity index (χ1) is 6.47. The first kappa shape index (κ1) is 10.9. The first-order valence-electron chi connectivity index (χ1n) is 3.85. The van der Waals surface area contributed by atoms with E-state index in [4.69, 9.17) is 0 Å². The minimum Gasteiger partial charge on any atom is -0.303 e. The minimum atomic E-state index is -4.24. The predicted octanol–water partition coefficient (Wildman–Crippen LogP) is 1.87. The maximum atomic E-state index is 12.3. The number of nitrogens with zero attached hydrogens (tertiary/aromatic N) is 1. The molecular formula is C8H8F4N2. The summed E-state index contributed by atoms with van der Waals surface area (Å²) in [4.78, 5) is 3.59. The van der Waals surface area contributed by atoms with Crippen LogP contribution < -0.4 is 5.32 Å². The molecule has 0 amide bonds. The van der Waals surface area contributed by atoms with Crippen LogP contribution in [0.5, 0.6) is 0 Å². The number of aromatic nitrogens is 1. The van der Waals surface area contributed by atoms with Gasteiger partial charge in [0.1, 0.15) is 5.82 Å². The van der Waals surface area contributed by atoms with Crippen LogP contribution in [0.25, 0.3) is 0 Å². The van der Waals surface area contributed by atoms with Crippen molar-refractivity contribution in [1.82, 2.24) is 10.3 Å². The van der Waals surface area contributed by atoms with E-state index in [1.54, 1.807) is 0 Å². The number of rotatable bonds is 3. The Hall–Kier alpha value is -1.17. The van der Waals surface area contributed by atoms with Gasteiger partial charge in [-0.2, -0.15) is 13.2 Å². The van der Waals surface area contributed by atoms with Crippen molar-refractivity contribution in [1.29, 1.82) is 0 Å². The zero-order valence-corrected chi connectivity index (χ0v) is 7.11. The number of halogens is 4. The molecule has 1 rings (SSSR count). The van der Waals surface area contributed by atoms with E-state index in [9.17, 15) is 17.6 Å². The van der Waals surface area contributed by atoms with Gasteiger partial charge in [0, 0.05) is 6.54 Å². The van der Waals surface area contributed by atoms with Gasteiger partial charge in [0.15, 0.2) is 0 Å². The van der Waals surface area contributed by atoms with Gasteiger partial charge in [-0.05, 0) is 12.1 Å². The molecule has 1 N–H and O–H groups in total. The van der Waals surface area contributed by atoms with Crippen LogP contribution in [0.3, 0.4) is 0 Å². The van der Waals surface area contributed by atoms with E-state index < -0.39 is 18.5 Å². The second kappa shape index (κ2) is 4.36. The third-order valence-electron chi connectivity index (χ3n) is 1.42. The summed E-state index contributed by atoms with van der Waals surface area (Å²) in [5, 5.41) is 2.15. The van der Waals surface area contributed by atoms with Crippen LogP contribution in [0, 0.1) is 5.82 Å². The Morgan fingerprint density at radius 1 is 1.29 bits per heavy atom. The van der Waals surface area contributed by atoms with Crippen molar-refractivity contribution in [2.75, 3.05) is 6.54 Å². The quantitative estimate of drug-likeness (QED) is 0.767. The van der Waals surface area contributed by atoms with E-state index in [1.165, 1.54) is 6.07 Å². The van der Waals surface area contributed by atoms with Crippen molar-refractivity contribution in [3.8, 4) is 0 Å². The lowest BCUT2D eigenvalue weighted by Crippen LogP contribution is -2.28. The van der Waals surface area contributed by atoms with E-state index in [0.717, 1.165) is 12.3 Å². The molecule has 0 aromatic carbocycles. The van der Waals surface area contributed by atoms with Crippen molar-refractivity contribution < 1.29 is 17.6 Å². The van der Waals surface area contributed by atoms with Crippen molar-refractivity contribution in [2.24, 2.45) is 0 Å². The highest BCUT2D eigenvalue weighted by molar-refractivity contribution is 5.04. The molecule has 2 nitrogen and oxygen atoms in total. The standard InChI is InChI=1S/C8H8F4N2/c9-6-1-2-7(14-3-6)4-13-5-8(10,11)12/h1-3,13H,4-5H2. The number of pyridine rings is 1. The van der Waals surface area contributed by atoms with Crippen LogP contribution >= 0.6 is 0 Å². The summed E-state index contributed by atoms with van der Waals surface area (Å²) in [5.41, 5.74) is 0.371. The highest BCUT2D eigenvalue weighted by atomic mass is 19.4. The van der Waals surface area contributed by atoms with Gasteiger partial charge >= 0.3 is 6.18 Å². The molecule has 0 saturated heterocycles. The van der Waals surface area contributed by atoms with E-state index in [2.05, 4.69) is 10.3 Å². The molecule has 0 spiro atoms. The molecule has 0 aliphatic heterocycles. The Bertz CT molecular complexity index is 280. The number of nitrogens with one attached hydrogen (secondary N) is 1. The van der Waals surface area contributed by atoms with Crippen molar-refractivity contribution >= 4 is 0 Å². The van der Waals surface area contributed by atoms with Gasteiger partial charge in [0.25, 0.3) is 0 Å². The lowest BCUT2D eigenvalue weighted by atomic mass is 10.3. The second-order valence-electron chi connectivity index (χ2n) is 2.69. The average Bonchev–Trinajstić information content (AvgIpc) is 2.06. The summed E-state index contributed by atoms with van der Waals surface area (Å²) in [6.45, 7) is -1.11. The Labute approximate surface area is 78.0 Å². The van der Waals surface area contributed by atoms with Gasteiger partial charge in [0.05, 0.1) is 18.4 Å². The highest BCUT2D eigenvalue weighted by Gasteiger charge is 2.26. The normalized spacial score (nSPS) is 11.7. The van der Waals surface area contributed by atoms with Crippen LogP contribution in [0.1, 0.15) is 5.69 Å². The summed E-state index contributed by atoms with van der Waals surface area (Å²) in [7, 11) is 0. The smallest absolute Gasteiger partial charge is 0.303 e. The molecule has 6 heteroatoms. The van der Waals surface area contributed by atoms with E-state index in [0.29, 0.717) is 5.69 Å². The van der Waals surface area contributed by atoms with Gasteiger partial charge in [-0.15, -0.1) is 0 Å². The van der Waals surface area contributed by atoms with E-state index in [1.807, 2.05) is 0 Å². The van der Waals surface area contributed by atoms with Crippen LogP contribution in [0.4, 0.5) is 17.6 Å². The molecule has 14 heavy (non-hydrogen) atoms. The van der Waals surface area contributed by atoms with Gasteiger partial charge in [0.2, 0.25) is 0 Å². The Morgan fingerprint density at radius 3 is 2.50 bits per heavy atom. The van der Waals surface area contributed by atoms with Gasteiger partial charge in [-0.25, -0.2) is 4.39 Å². The minimum absolute atomic E-state index is 0.0280.